The van der Waals surface area contributed by atoms with Crippen molar-refractivity contribution in [3.8, 4) is 63.2 Å². The van der Waals surface area contributed by atoms with E-state index in [1.165, 1.54) is 38.5 Å². The van der Waals surface area contributed by atoms with E-state index in [4.69, 9.17) is 18.9 Å². The lowest BCUT2D eigenvalue weighted by molar-refractivity contribution is 0.00277. The molecule has 9 rings (SSSR count). The lowest BCUT2D eigenvalue weighted by atomic mass is 9.79. The number of rotatable bonds is 5. The minimum Gasteiger partial charge on any atom is -0.508 e. The molecule has 0 amide bonds. The van der Waals surface area contributed by atoms with Crippen LogP contribution in [-0.4, -0.2) is 50.0 Å². The van der Waals surface area contributed by atoms with Gasteiger partial charge in [0.25, 0.3) is 6.29 Å². The molecule has 13 heteroatoms. The Balaban J connectivity index is 1.79. The summed E-state index contributed by atoms with van der Waals surface area (Å²) >= 11 is 0. The fourth-order valence-corrected chi connectivity index (χ4v) is 8.84. The second-order valence-corrected chi connectivity index (χ2v) is 14.7. The van der Waals surface area contributed by atoms with Crippen molar-refractivity contribution in [2.24, 2.45) is 0 Å². The molecule has 0 radical (unpaired) electrons. The number of phenolic OH excluding ortho intramolecular Hbond substituents is 7. The van der Waals surface area contributed by atoms with Crippen LogP contribution >= 0.6 is 0 Å². The Hall–Kier alpha value is -7.02. The van der Waals surface area contributed by atoms with E-state index in [1.807, 2.05) is 0 Å². The predicted molar refractivity (Wildman–Crippen MR) is 210 cm³/mol. The summed E-state index contributed by atoms with van der Waals surface area (Å²) < 4.78 is 25.1. The molecule has 1 aliphatic rings. The SMILES string of the molecule is COc1c(C(C)C)c(O)c2c(=O)c3c(O)cc(O)c4c3c3c2c1c1c(OC)c(C(C)C)c(O)c2c(=O)c5c(O)cc(O)c(c5c3c21)OC(c1ccc(O)cc1)O4. The average Bonchev–Trinajstić information content (AvgIpc) is 3.20. The molecule has 8 aromatic rings. The molecule has 0 unspecified atom stereocenters. The van der Waals surface area contributed by atoms with Crippen molar-refractivity contribution in [1.29, 1.82) is 0 Å². The van der Waals surface area contributed by atoms with E-state index >= 15 is 9.59 Å². The van der Waals surface area contributed by atoms with Gasteiger partial charge >= 0.3 is 0 Å². The van der Waals surface area contributed by atoms with Crippen LogP contribution in [-0.2, 0) is 0 Å². The number of ether oxygens (including phenoxy) is 4. The third kappa shape index (κ3) is 4.14. The van der Waals surface area contributed by atoms with E-state index in [1.54, 1.807) is 27.7 Å². The highest BCUT2D eigenvalue weighted by atomic mass is 16.7. The van der Waals surface area contributed by atoms with Crippen molar-refractivity contribution >= 4 is 64.6 Å². The van der Waals surface area contributed by atoms with Crippen LogP contribution in [0.15, 0.2) is 46.0 Å². The molecule has 0 aliphatic carbocycles. The second-order valence-electron chi connectivity index (χ2n) is 14.7. The topological polar surface area (TPSA) is 213 Å². The maximum Gasteiger partial charge on any atom is 0.268 e. The highest BCUT2D eigenvalue weighted by molar-refractivity contribution is 6.46. The fourth-order valence-electron chi connectivity index (χ4n) is 8.84. The molecule has 0 atom stereocenters. The Morgan fingerprint density at radius 1 is 0.500 bits per heavy atom. The fraction of sp³-hybridized carbons (Fsp3) is 0.209. The third-order valence-electron chi connectivity index (χ3n) is 11.0. The molecule has 56 heavy (non-hydrogen) atoms. The first-order valence-electron chi connectivity index (χ1n) is 17.7. The van der Waals surface area contributed by atoms with Crippen molar-refractivity contribution in [2.75, 3.05) is 14.2 Å². The van der Waals surface area contributed by atoms with Crippen LogP contribution in [0.3, 0.4) is 0 Å². The highest BCUT2D eigenvalue weighted by Crippen LogP contribution is 2.61. The predicted octanol–water partition coefficient (Wildman–Crippen LogP) is 7.88. The largest absolute Gasteiger partial charge is 0.508 e. The highest BCUT2D eigenvalue weighted by Gasteiger charge is 2.38. The van der Waals surface area contributed by atoms with Crippen molar-refractivity contribution in [2.45, 2.75) is 45.8 Å². The first-order valence-corrected chi connectivity index (χ1v) is 17.7. The van der Waals surface area contributed by atoms with Gasteiger partial charge in [0.2, 0.25) is 10.9 Å². The lowest BCUT2D eigenvalue weighted by Crippen LogP contribution is -2.16. The maximum atomic E-state index is 15.0. The third-order valence-corrected chi connectivity index (χ3v) is 11.0. The molecule has 0 spiro atoms. The van der Waals surface area contributed by atoms with Gasteiger partial charge in [-0.1, -0.05) is 27.7 Å². The quantitative estimate of drug-likeness (QED) is 0.0658. The van der Waals surface area contributed by atoms with Gasteiger partial charge in [-0.25, -0.2) is 0 Å². The van der Waals surface area contributed by atoms with Crippen LogP contribution in [0, 0.1) is 0 Å². The smallest absolute Gasteiger partial charge is 0.268 e. The number of benzene rings is 8. The van der Waals surface area contributed by atoms with Gasteiger partial charge in [-0.15, -0.1) is 0 Å². The lowest BCUT2D eigenvalue weighted by Gasteiger charge is -2.26. The normalized spacial score (nSPS) is 13.3. The Morgan fingerprint density at radius 3 is 1.23 bits per heavy atom. The Morgan fingerprint density at radius 2 is 0.875 bits per heavy atom. The van der Waals surface area contributed by atoms with E-state index in [9.17, 15) is 35.7 Å². The Labute approximate surface area is 315 Å². The van der Waals surface area contributed by atoms with Gasteiger partial charge in [-0.05, 0) is 36.1 Å². The minimum atomic E-state index is -1.58. The van der Waals surface area contributed by atoms with Gasteiger partial charge in [0.1, 0.15) is 40.2 Å². The van der Waals surface area contributed by atoms with E-state index in [-0.39, 0.29) is 110 Å². The van der Waals surface area contributed by atoms with Gasteiger partial charge < -0.3 is 54.7 Å². The summed E-state index contributed by atoms with van der Waals surface area (Å²) in [7, 11) is 2.77. The zero-order chi connectivity index (χ0) is 40.0. The molecule has 0 saturated carbocycles. The standard InChI is InChI=1S/C43H34O13/c1-13(2)21-35(49)33-27-25-26-28-32(31(27)41(21)53-5)42(54-6)22(14(3)4)36(50)34(28)38(52)24-18(46)12-20(48)40(30(24)26)56-43(15-7-9-16(44)10-8-15)55-39-19(47)11-17(45)23(29(25)39)37(33)51/h7-14,43-50H,1-6H3. The van der Waals surface area contributed by atoms with Gasteiger partial charge in [0, 0.05) is 71.9 Å². The molecular formula is C43H34O13. The number of hydrogen-bond acceptors (Lipinski definition) is 13. The summed E-state index contributed by atoms with van der Waals surface area (Å²) in [6, 6.07) is 7.41. The zero-order valence-electron chi connectivity index (χ0n) is 30.8. The number of aromatic hydroxyl groups is 7. The summed E-state index contributed by atoms with van der Waals surface area (Å²) in [5.74, 6) is -5.08. The van der Waals surface area contributed by atoms with Gasteiger partial charge in [0.05, 0.1) is 35.8 Å². The van der Waals surface area contributed by atoms with E-state index in [0.29, 0.717) is 0 Å². The molecule has 0 fully saturated rings. The number of phenols is 7. The summed E-state index contributed by atoms with van der Waals surface area (Å²) in [6.07, 6.45) is -1.58. The van der Waals surface area contributed by atoms with Gasteiger partial charge in [0.15, 0.2) is 23.0 Å². The molecular weight excluding hydrogens is 724 g/mol. The molecule has 1 heterocycles. The van der Waals surface area contributed by atoms with Crippen LogP contribution in [0.25, 0.3) is 64.6 Å². The number of hydrogen-bond donors (Lipinski definition) is 7. The monoisotopic (exact) mass is 758 g/mol. The number of fused-ring (bicyclic) bond motifs is 1. The van der Waals surface area contributed by atoms with E-state index in [0.717, 1.165) is 12.1 Å². The molecule has 8 aromatic carbocycles. The summed E-state index contributed by atoms with van der Waals surface area (Å²) in [5, 5.41) is 79.8. The van der Waals surface area contributed by atoms with E-state index < -0.39 is 63.5 Å². The molecule has 7 N–H and O–H groups in total. The van der Waals surface area contributed by atoms with Crippen molar-refractivity contribution < 1.29 is 54.7 Å². The minimum absolute atomic E-state index is 0.0113. The summed E-state index contributed by atoms with van der Waals surface area (Å²) in [5.41, 5.74) is -1.00. The maximum absolute atomic E-state index is 15.0. The average molecular weight is 759 g/mol. The zero-order valence-corrected chi connectivity index (χ0v) is 30.8. The van der Waals surface area contributed by atoms with Crippen LogP contribution in [0.4, 0.5) is 0 Å². The molecule has 13 nitrogen and oxygen atoms in total. The van der Waals surface area contributed by atoms with Crippen molar-refractivity contribution in [1.82, 2.24) is 0 Å². The molecule has 284 valence electrons. The summed E-state index contributed by atoms with van der Waals surface area (Å²) in [4.78, 5) is 30.0. The van der Waals surface area contributed by atoms with Gasteiger partial charge in [-0.3, -0.25) is 9.59 Å². The first kappa shape index (κ1) is 34.7. The molecule has 1 aliphatic heterocycles. The molecule has 0 aromatic heterocycles. The summed E-state index contributed by atoms with van der Waals surface area (Å²) in [6.45, 7) is 7.14. The Kier molecular flexibility index (Phi) is 7.13. The first-order chi connectivity index (χ1) is 26.6. The van der Waals surface area contributed by atoms with E-state index in [2.05, 4.69) is 0 Å². The molecule has 0 bridgehead atoms. The molecule has 0 saturated heterocycles. The van der Waals surface area contributed by atoms with Crippen molar-refractivity contribution in [3.63, 3.8) is 0 Å². The Bertz CT molecular complexity index is 2980. The van der Waals surface area contributed by atoms with Gasteiger partial charge in [-0.2, -0.15) is 0 Å². The van der Waals surface area contributed by atoms with Crippen LogP contribution in [0.2, 0.25) is 0 Å². The van der Waals surface area contributed by atoms with Crippen molar-refractivity contribution in [3.05, 3.63) is 73.5 Å². The number of methoxy groups -OCH3 is 2. The van der Waals surface area contributed by atoms with Crippen LogP contribution in [0.1, 0.15) is 62.5 Å². The second kappa shape index (κ2) is 11.5. The van der Waals surface area contributed by atoms with Crippen LogP contribution in [0.5, 0.6) is 63.2 Å². The van der Waals surface area contributed by atoms with Crippen LogP contribution < -0.4 is 29.8 Å².